The lowest BCUT2D eigenvalue weighted by Crippen LogP contribution is -2.20. The van der Waals surface area contributed by atoms with Gasteiger partial charge in [-0.1, -0.05) is 47.1 Å². The van der Waals surface area contributed by atoms with Crippen LogP contribution in [0.5, 0.6) is 5.75 Å². The highest BCUT2D eigenvalue weighted by Gasteiger charge is 2.09. The molecule has 0 radical (unpaired) electrons. The zero-order valence-corrected chi connectivity index (χ0v) is 14.6. The first-order chi connectivity index (χ1) is 12.6. The first kappa shape index (κ1) is 17.4. The number of benzene rings is 2. The molecule has 1 N–H and O–H groups in total. The summed E-state index contributed by atoms with van der Waals surface area (Å²) in [6.07, 6.45) is 3.18. The minimum absolute atomic E-state index is 0.171. The van der Waals surface area contributed by atoms with E-state index in [1.807, 2.05) is 55.5 Å². The maximum atomic E-state index is 11.9. The Morgan fingerprint density at radius 2 is 1.88 bits per heavy atom. The number of aryl methyl sites for hydroxylation is 1. The van der Waals surface area contributed by atoms with E-state index in [1.54, 1.807) is 13.2 Å². The van der Waals surface area contributed by atoms with Crippen LogP contribution in [-0.4, -0.2) is 23.2 Å². The largest absolute Gasteiger partial charge is 0.497 e. The molecular formula is C20H19N3O3. The lowest BCUT2D eigenvalue weighted by molar-refractivity contribution is -0.116. The van der Waals surface area contributed by atoms with Crippen LogP contribution in [-0.2, 0) is 11.3 Å². The van der Waals surface area contributed by atoms with E-state index in [2.05, 4.69) is 15.5 Å². The number of amides is 1. The Kier molecular flexibility index (Phi) is 5.43. The van der Waals surface area contributed by atoms with E-state index >= 15 is 0 Å². The highest BCUT2D eigenvalue weighted by atomic mass is 16.5. The Balaban J connectivity index is 1.54. The van der Waals surface area contributed by atoms with Gasteiger partial charge in [0.25, 0.3) is 0 Å². The van der Waals surface area contributed by atoms with Crippen molar-refractivity contribution in [2.45, 2.75) is 13.5 Å². The maximum absolute atomic E-state index is 11.9. The second kappa shape index (κ2) is 8.11. The van der Waals surface area contributed by atoms with Crippen molar-refractivity contribution in [3.63, 3.8) is 0 Å². The highest BCUT2D eigenvalue weighted by Crippen LogP contribution is 2.16. The van der Waals surface area contributed by atoms with E-state index < -0.39 is 0 Å². The fraction of sp³-hybridized carbons (Fsp3) is 0.150. The van der Waals surface area contributed by atoms with Gasteiger partial charge < -0.3 is 14.6 Å². The monoisotopic (exact) mass is 349 g/mol. The Hall–Kier alpha value is -3.41. The van der Waals surface area contributed by atoms with Crippen molar-refractivity contribution >= 4 is 12.0 Å². The number of carbonyl (C=O) groups excluding carboxylic acids is 1. The molecule has 0 saturated heterocycles. The molecule has 0 unspecified atom stereocenters. The number of aromatic nitrogens is 2. The first-order valence-corrected chi connectivity index (χ1v) is 8.13. The molecule has 0 atom stereocenters. The summed E-state index contributed by atoms with van der Waals surface area (Å²) in [6.45, 7) is 2.19. The average Bonchev–Trinajstić information content (AvgIpc) is 3.14. The topological polar surface area (TPSA) is 77.2 Å². The zero-order chi connectivity index (χ0) is 18.4. The highest BCUT2D eigenvalue weighted by molar-refractivity contribution is 5.91. The number of rotatable bonds is 6. The van der Waals surface area contributed by atoms with E-state index in [9.17, 15) is 4.79 Å². The Bertz CT molecular complexity index is 897. The van der Waals surface area contributed by atoms with Crippen LogP contribution < -0.4 is 10.1 Å². The van der Waals surface area contributed by atoms with Crippen LogP contribution in [0.25, 0.3) is 17.5 Å². The van der Waals surface area contributed by atoms with Gasteiger partial charge in [0.05, 0.1) is 13.7 Å². The van der Waals surface area contributed by atoms with Gasteiger partial charge in [-0.3, -0.25) is 4.79 Å². The quantitative estimate of drug-likeness (QED) is 0.690. The van der Waals surface area contributed by atoms with Crippen LogP contribution in [0.2, 0.25) is 0 Å². The van der Waals surface area contributed by atoms with Crippen LogP contribution in [0.15, 0.2) is 59.1 Å². The SMILES string of the molecule is COc1ccc(/C=C/C(=O)NCc2nc(-c3ccc(C)cc3)no2)cc1. The molecule has 2 aromatic carbocycles. The summed E-state index contributed by atoms with van der Waals surface area (Å²) >= 11 is 0. The van der Waals surface area contributed by atoms with Gasteiger partial charge in [-0.2, -0.15) is 4.98 Å². The number of nitrogens with one attached hydrogen (secondary N) is 1. The molecule has 6 heteroatoms. The van der Waals surface area contributed by atoms with Crippen LogP contribution in [0, 0.1) is 6.92 Å². The molecule has 0 bridgehead atoms. The molecule has 1 heterocycles. The number of hydrogen-bond donors (Lipinski definition) is 1. The lowest BCUT2D eigenvalue weighted by atomic mass is 10.1. The van der Waals surface area contributed by atoms with E-state index in [-0.39, 0.29) is 12.5 Å². The van der Waals surface area contributed by atoms with Gasteiger partial charge in [0, 0.05) is 11.6 Å². The van der Waals surface area contributed by atoms with Gasteiger partial charge in [0.1, 0.15) is 5.75 Å². The summed E-state index contributed by atoms with van der Waals surface area (Å²) in [4.78, 5) is 16.2. The molecule has 3 rings (SSSR count). The summed E-state index contributed by atoms with van der Waals surface area (Å²) < 4.78 is 10.3. The van der Waals surface area contributed by atoms with Gasteiger partial charge in [-0.25, -0.2) is 0 Å². The molecule has 0 spiro atoms. The number of methoxy groups -OCH3 is 1. The zero-order valence-electron chi connectivity index (χ0n) is 14.6. The van der Waals surface area contributed by atoms with Gasteiger partial charge in [0.2, 0.25) is 17.6 Å². The lowest BCUT2D eigenvalue weighted by Gasteiger charge is -1.99. The molecule has 0 fully saturated rings. The Morgan fingerprint density at radius 3 is 2.58 bits per heavy atom. The van der Waals surface area contributed by atoms with E-state index in [4.69, 9.17) is 9.26 Å². The normalized spacial score (nSPS) is 10.8. The third kappa shape index (κ3) is 4.57. The fourth-order valence-electron chi connectivity index (χ4n) is 2.26. The van der Waals surface area contributed by atoms with Crippen molar-refractivity contribution < 1.29 is 14.1 Å². The number of carbonyl (C=O) groups is 1. The molecule has 0 aliphatic heterocycles. The molecule has 0 aliphatic rings. The summed E-state index contributed by atoms with van der Waals surface area (Å²) in [5.74, 6) is 1.39. The molecule has 26 heavy (non-hydrogen) atoms. The maximum Gasteiger partial charge on any atom is 0.246 e. The van der Waals surface area contributed by atoms with Gasteiger partial charge in [0.15, 0.2) is 0 Å². The summed E-state index contributed by atoms with van der Waals surface area (Å²) in [5, 5.41) is 6.66. The Labute approximate surface area is 151 Å². The van der Waals surface area contributed by atoms with Crippen LogP contribution in [0.3, 0.4) is 0 Å². The average molecular weight is 349 g/mol. The smallest absolute Gasteiger partial charge is 0.246 e. The number of hydrogen-bond acceptors (Lipinski definition) is 5. The minimum atomic E-state index is -0.240. The molecule has 0 aliphatic carbocycles. The first-order valence-electron chi connectivity index (χ1n) is 8.13. The van der Waals surface area contributed by atoms with E-state index in [0.717, 1.165) is 22.4 Å². The van der Waals surface area contributed by atoms with Gasteiger partial charge >= 0.3 is 0 Å². The Morgan fingerprint density at radius 1 is 1.15 bits per heavy atom. The molecule has 1 amide bonds. The van der Waals surface area contributed by atoms with Crippen molar-refractivity contribution in [3.8, 4) is 17.1 Å². The molecule has 1 aromatic heterocycles. The second-order valence-corrected chi connectivity index (χ2v) is 5.70. The fourth-order valence-corrected chi connectivity index (χ4v) is 2.26. The molecule has 0 saturated carbocycles. The minimum Gasteiger partial charge on any atom is -0.497 e. The van der Waals surface area contributed by atoms with Gasteiger partial charge in [-0.05, 0) is 30.7 Å². The third-order valence-corrected chi connectivity index (χ3v) is 3.73. The van der Waals surface area contributed by atoms with Crippen molar-refractivity contribution in [2.24, 2.45) is 0 Å². The van der Waals surface area contributed by atoms with Crippen molar-refractivity contribution in [3.05, 3.63) is 71.6 Å². The summed E-state index contributed by atoms with van der Waals surface area (Å²) in [6, 6.07) is 15.2. The predicted octanol–water partition coefficient (Wildman–Crippen LogP) is 3.38. The second-order valence-electron chi connectivity index (χ2n) is 5.70. The van der Waals surface area contributed by atoms with Crippen molar-refractivity contribution in [1.82, 2.24) is 15.5 Å². The van der Waals surface area contributed by atoms with Crippen LogP contribution in [0.4, 0.5) is 0 Å². The van der Waals surface area contributed by atoms with Crippen LogP contribution in [0.1, 0.15) is 17.0 Å². The molecule has 132 valence electrons. The number of nitrogens with zero attached hydrogens (tertiary/aromatic N) is 2. The third-order valence-electron chi connectivity index (χ3n) is 3.73. The van der Waals surface area contributed by atoms with E-state index in [0.29, 0.717) is 11.7 Å². The molecule has 6 nitrogen and oxygen atoms in total. The summed E-state index contributed by atoms with van der Waals surface area (Å²) in [7, 11) is 1.61. The predicted molar refractivity (Wildman–Crippen MR) is 98.3 cm³/mol. The van der Waals surface area contributed by atoms with Crippen LogP contribution >= 0.6 is 0 Å². The van der Waals surface area contributed by atoms with Crippen molar-refractivity contribution in [1.29, 1.82) is 0 Å². The van der Waals surface area contributed by atoms with Crippen molar-refractivity contribution in [2.75, 3.05) is 7.11 Å². The molecule has 3 aromatic rings. The standard InChI is InChI=1S/C20H19N3O3/c1-14-3-8-16(9-4-14)20-22-19(26-23-20)13-21-18(24)12-7-15-5-10-17(25-2)11-6-15/h3-12H,13H2,1-2H3,(H,21,24)/b12-7+. The molecular weight excluding hydrogens is 330 g/mol. The number of ether oxygens (including phenoxy) is 1. The summed E-state index contributed by atoms with van der Waals surface area (Å²) in [5.41, 5.74) is 2.94. The van der Waals surface area contributed by atoms with Gasteiger partial charge in [-0.15, -0.1) is 0 Å². The van der Waals surface area contributed by atoms with E-state index in [1.165, 1.54) is 6.08 Å².